The van der Waals surface area contributed by atoms with Gasteiger partial charge in [-0.25, -0.2) is 0 Å². The second-order valence-electron chi connectivity index (χ2n) is 4.61. The molecule has 1 amide bonds. The van der Waals surface area contributed by atoms with Gasteiger partial charge in [0.15, 0.2) is 10.9 Å². The minimum Gasteiger partial charge on any atom is -0.481 e. The summed E-state index contributed by atoms with van der Waals surface area (Å²) in [6, 6.07) is 3.37. The van der Waals surface area contributed by atoms with Crippen LogP contribution in [0.2, 0.25) is 0 Å². The number of carbonyl (C=O) groups excluding carboxylic acids is 1. The van der Waals surface area contributed by atoms with Crippen LogP contribution < -0.4 is 0 Å². The van der Waals surface area contributed by atoms with Crippen LogP contribution >= 0.6 is 11.8 Å². The highest BCUT2D eigenvalue weighted by atomic mass is 32.2. The first-order valence-corrected chi connectivity index (χ1v) is 7.31. The number of nitrogens with zero attached hydrogens (tertiary/aromatic N) is 1. The van der Waals surface area contributed by atoms with E-state index in [2.05, 4.69) is 0 Å². The number of carboxylic acid groups (broad SMARTS) is 1. The van der Waals surface area contributed by atoms with E-state index in [9.17, 15) is 9.59 Å². The lowest BCUT2D eigenvalue weighted by Crippen LogP contribution is -2.35. The van der Waals surface area contributed by atoms with Gasteiger partial charge in [-0.05, 0) is 24.3 Å². The van der Waals surface area contributed by atoms with Crippen molar-refractivity contribution in [2.75, 3.05) is 19.3 Å². The molecule has 0 unspecified atom stereocenters. The summed E-state index contributed by atoms with van der Waals surface area (Å²) in [6.07, 6.45) is 1.80. The quantitative estimate of drug-likeness (QED) is 0.780. The van der Waals surface area contributed by atoms with Crippen LogP contribution in [0.25, 0.3) is 0 Å². The van der Waals surface area contributed by atoms with Crippen LogP contribution in [-0.4, -0.2) is 41.2 Å². The third-order valence-electron chi connectivity index (χ3n) is 2.46. The molecule has 0 atom stereocenters. The zero-order valence-electron chi connectivity index (χ0n) is 11.4. The molecule has 1 rings (SSSR count). The molecule has 0 bridgehead atoms. The zero-order chi connectivity index (χ0) is 14.4. The van der Waals surface area contributed by atoms with Crippen molar-refractivity contribution in [3.8, 4) is 0 Å². The topological polar surface area (TPSA) is 70.8 Å². The van der Waals surface area contributed by atoms with Crippen molar-refractivity contribution in [1.82, 2.24) is 4.90 Å². The zero-order valence-corrected chi connectivity index (χ0v) is 12.2. The summed E-state index contributed by atoms with van der Waals surface area (Å²) in [6.45, 7) is 4.68. The first-order valence-electron chi connectivity index (χ1n) is 6.09. The highest BCUT2D eigenvalue weighted by molar-refractivity contribution is 7.98. The molecule has 5 nitrogen and oxygen atoms in total. The fourth-order valence-electron chi connectivity index (χ4n) is 1.65. The predicted octanol–water partition coefficient (Wildman–Crippen LogP) is 2.57. The molecule has 1 aromatic heterocycles. The second kappa shape index (κ2) is 7.23. The van der Waals surface area contributed by atoms with Crippen LogP contribution in [-0.2, 0) is 4.79 Å². The molecule has 0 saturated heterocycles. The van der Waals surface area contributed by atoms with Crippen LogP contribution in [0.4, 0.5) is 0 Å². The van der Waals surface area contributed by atoms with E-state index in [1.54, 1.807) is 12.1 Å². The third kappa shape index (κ3) is 4.98. The maximum absolute atomic E-state index is 12.3. The van der Waals surface area contributed by atoms with E-state index in [-0.39, 0.29) is 30.6 Å². The van der Waals surface area contributed by atoms with Gasteiger partial charge in [0, 0.05) is 13.1 Å². The number of aliphatic carboxylic acids is 1. The van der Waals surface area contributed by atoms with Gasteiger partial charge in [-0.15, -0.1) is 0 Å². The Bertz CT molecular complexity index is 442. The summed E-state index contributed by atoms with van der Waals surface area (Å²) in [5.74, 6) is -0.635. The monoisotopic (exact) mass is 285 g/mol. The van der Waals surface area contributed by atoms with Crippen LogP contribution in [0, 0.1) is 5.92 Å². The molecule has 0 fully saturated rings. The molecule has 0 spiro atoms. The van der Waals surface area contributed by atoms with Crippen molar-refractivity contribution in [2.24, 2.45) is 5.92 Å². The van der Waals surface area contributed by atoms with E-state index in [1.807, 2.05) is 20.1 Å². The molecule has 0 aliphatic heterocycles. The minimum atomic E-state index is -0.911. The SMILES string of the molecule is CSc1ccc(C(=O)N(CCC(=O)O)CC(C)C)o1. The Hall–Kier alpha value is -1.43. The summed E-state index contributed by atoms with van der Waals surface area (Å²) in [7, 11) is 0. The van der Waals surface area contributed by atoms with E-state index in [0.717, 1.165) is 0 Å². The lowest BCUT2D eigenvalue weighted by atomic mass is 10.2. The van der Waals surface area contributed by atoms with Gasteiger partial charge in [-0.1, -0.05) is 25.6 Å². The standard InChI is InChI=1S/C13H19NO4S/c1-9(2)8-14(7-6-11(15)16)13(17)10-4-5-12(18-10)19-3/h4-5,9H,6-8H2,1-3H3,(H,15,16). The number of amides is 1. The molecule has 6 heteroatoms. The van der Waals surface area contributed by atoms with Gasteiger partial charge in [-0.3, -0.25) is 9.59 Å². The highest BCUT2D eigenvalue weighted by Crippen LogP contribution is 2.19. The van der Waals surface area contributed by atoms with Crippen molar-refractivity contribution >= 4 is 23.6 Å². The lowest BCUT2D eigenvalue weighted by molar-refractivity contribution is -0.137. The molecular formula is C13H19NO4S. The molecule has 19 heavy (non-hydrogen) atoms. The normalized spacial score (nSPS) is 10.7. The van der Waals surface area contributed by atoms with Crippen LogP contribution in [0.3, 0.4) is 0 Å². The number of hydrogen-bond acceptors (Lipinski definition) is 4. The van der Waals surface area contributed by atoms with Crippen molar-refractivity contribution in [3.05, 3.63) is 17.9 Å². The molecule has 106 valence electrons. The molecule has 0 aliphatic rings. The van der Waals surface area contributed by atoms with Gasteiger partial charge in [0.1, 0.15) is 0 Å². The van der Waals surface area contributed by atoms with Gasteiger partial charge < -0.3 is 14.4 Å². The van der Waals surface area contributed by atoms with Gasteiger partial charge in [-0.2, -0.15) is 0 Å². The highest BCUT2D eigenvalue weighted by Gasteiger charge is 2.20. The van der Waals surface area contributed by atoms with Crippen LogP contribution in [0.1, 0.15) is 30.8 Å². The maximum Gasteiger partial charge on any atom is 0.305 e. The van der Waals surface area contributed by atoms with Gasteiger partial charge in [0.2, 0.25) is 0 Å². The maximum atomic E-state index is 12.3. The number of hydrogen-bond donors (Lipinski definition) is 1. The molecule has 1 heterocycles. The van der Waals surface area contributed by atoms with E-state index in [1.165, 1.54) is 16.7 Å². The average Bonchev–Trinajstić information content (AvgIpc) is 2.81. The Balaban J connectivity index is 2.77. The van der Waals surface area contributed by atoms with Gasteiger partial charge in [0.05, 0.1) is 6.42 Å². The second-order valence-corrected chi connectivity index (χ2v) is 5.42. The Morgan fingerprint density at radius 3 is 2.58 bits per heavy atom. The largest absolute Gasteiger partial charge is 0.481 e. The molecule has 0 radical (unpaired) electrons. The Labute approximate surface area is 117 Å². The average molecular weight is 285 g/mol. The smallest absolute Gasteiger partial charge is 0.305 e. The number of carbonyl (C=O) groups is 2. The lowest BCUT2D eigenvalue weighted by Gasteiger charge is -2.22. The molecule has 1 N–H and O–H groups in total. The van der Waals surface area contributed by atoms with Gasteiger partial charge in [0.25, 0.3) is 5.91 Å². The molecular weight excluding hydrogens is 266 g/mol. The summed E-state index contributed by atoms with van der Waals surface area (Å²) in [5, 5.41) is 9.40. The summed E-state index contributed by atoms with van der Waals surface area (Å²) in [4.78, 5) is 24.4. The summed E-state index contributed by atoms with van der Waals surface area (Å²) >= 11 is 1.42. The van der Waals surface area contributed by atoms with Crippen molar-refractivity contribution < 1.29 is 19.1 Å². The molecule has 0 aliphatic carbocycles. The first kappa shape index (κ1) is 15.6. The number of furan rings is 1. The van der Waals surface area contributed by atoms with E-state index >= 15 is 0 Å². The fraction of sp³-hybridized carbons (Fsp3) is 0.538. The number of carboxylic acids is 1. The van der Waals surface area contributed by atoms with Gasteiger partial charge >= 0.3 is 5.97 Å². The number of rotatable bonds is 7. The minimum absolute atomic E-state index is 0.0610. The fourth-order valence-corrected chi connectivity index (χ4v) is 2.02. The van der Waals surface area contributed by atoms with Crippen molar-refractivity contribution in [2.45, 2.75) is 25.4 Å². The van der Waals surface area contributed by atoms with Crippen LogP contribution in [0.5, 0.6) is 0 Å². The predicted molar refractivity (Wildman–Crippen MR) is 73.5 cm³/mol. The van der Waals surface area contributed by atoms with Crippen LogP contribution in [0.15, 0.2) is 21.6 Å². The summed E-state index contributed by atoms with van der Waals surface area (Å²) in [5.41, 5.74) is 0. The third-order valence-corrected chi connectivity index (χ3v) is 3.08. The first-order chi connectivity index (χ1) is 8.93. The Kier molecular flexibility index (Phi) is 5.95. The Morgan fingerprint density at radius 2 is 2.11 bits per heavy atom. The molecule has 0 aromatic carbocycles. The van der Waals surface area contributed by atoms with Crippen molar-refractivity contribution in [1.29, 1.82) is 0 Å². The summed E-state index contributed by atoms with van der Waals surface area (Å²) < 4.78 is 5.39. The van der Waals surface area contributed by atoms with Crippen molar-refractivity contribution in [3.63, 3.8) is 0 Å². The molecule has 0 saturated carbocycles. The molecule has 1 aromatic rings. The van der Waals surface area contributed by atoms with E-state index in [0.29, 0.717) is 11.6 Å². The number of thioether (sulfide) groups is 1. The van der Waals surface area contributed by atoms with E-state index < -0.39 is 5.97 Å². The Morgan fingerprint density at radius 1 is 1.42 bits per heavy atom. The van der Waals surface area contributed by atoms with E-state index in [4.69, 9.17) is 9.52 Å².